The van der Waals surface area contributed by atoms with Gasteiger partial charge in [0.05, 0.1) is 0 Å². The zero-order valence-electron chi connectivity index (χ0n) is 12.2. The van der Waals surface area contributed by atoms with Crippen LogP contribution in [0.1, 0.15) is 0 Å². The molecule has 0 saturated heterocycles. The van der Waals surface area contributed by atoms with Gasteiger partial charge < -0.3 is 0 Å². The van der Waals surface area contributed by atoms with Crippen molar-refractivity contribution >= 4 is 13.4 Å². The molecule has 3 aromatic rings. The van der Waals surface area contributed by atoms with Crippen LogP contribution in [-0.2, 0) is 17.9 Å². The zero-order valence-corrected chi connectivity index (χ0v) is 13.4. The van der Waals surface area contributed by atoms with Gasteiger partial charge in [0.15, 0.2) is 0 Å². The molecule has 3 aromatic carbocycles. The van der Waals surface area contributed by atoms with E-state index in [0.717, 1.165) is 0 Å². The van der Waals surface area contributed by atoms with E-state index in [0.29, 0.717) is 0 Å². The molecule has 0 aromatic heterocycles. The van der Waals surface area contributed by atoms with Crippen molar-refractivity contribution in [2.24, 2.45) is 0 Å². The first kappa shape index (κ1) is 15.6. The van der Waals surface area contributed by atoms with Gasteiger partial charge in [0, 0.05) is 0 Å². The molecule has 0 amide bonds. The number of hydrogen-bond donors (Lipinski definition) is 2. The van der Waals surface area contributed by atoms with E-state index in [-0.39, 0.29) is 0 Å². The van der Waals surface area contributed by atoms with Crippen molar-refractivity contribution in [3.05, 3.63) is 91.0 Å². The van der Waals surface area contributed by atoms with Gasteiger partial charge in [-0.2, -0.15) is 0 Å². The Balaban J connectivity index is 2.69. The topological polar surface area (TPSA) is 74.6 Å². The Labute approximate surface area is 131 Å². The van der Waals surface area contributed by atoms with Gasteiger partial charge in [0.1, 0.15) is 0 Å². The summed E-state index contributed by atoms with van der Waals surface area (Å²) in [5.74, 6) is 0. The molecule has 0 unspecified atom stereocenters. The standard InChI is InChI=1S/3C6H5.Mn.2H2O.2O/c3*1-2-4-6-5-3-1;;;;;/h3*1-5H;;2*1H2;;/q;;;+2;;;;/p-2. The van der Waals surface area contributed by atoms with Crippen molar-refractivity contribution in [2.45, 2.75) is 0 Å². The van der Waals surface area contributed by atoms with E-state index in [1.54, 1.807) is 18.2 Å². The molecule has 0 radical (unpaired) electrons. The number of rotatable bonds is 3. The van der Waals surface area contributed by atoms with Gasteiger partial charge in [-0.1, -0.05) is 0 Å². The zero-order chi connectivity index (χ0) is 16.7. The molecule has 0 heterocycles. The summed E-state index contributed by atoms with van der Waals surface area (Å²) in [5.41, 5.74) is 0. The molecule has 4 nitrogen and oxygen atoms in total. The summed E-state index contributed by atoms with van der Waals surface area (Å²) in [6.07, 6.45) is 0. The van der Waals surface area contributed by atoms with Crippen LogP contribution in [0.15, 0.2) is 91.0 Å². The summed E-state index contributed by atoms with van der Waals surface area (Å²) in [7, 11) is -8.54. The molecule has 23 heavy (non-hydrogen) atoms. The van der Waals surface area contributed by atoms with Crippen molar-refractivity contribution in [3.8, 4) is 0 Å². The normalized spacial score (nSPS) is 16.5. The first-order chi connectivity index (χ1) is 10.6. The van der Waals surface area contributed by atoms with Crippen LogP contribution < -0.4 is 13.4 Å². The second-order valence-electron chi connectivity index (χ2n) is 5.55. The van der Waals surface area contributed by atoms with E-state index in [1.165, 1.54) is 72.8 Å². The molecule has 0 atom stereocenters. The Kier molecular flexibility index (Phi) is 2.56. The summed E-state index contributed by atoms with van der Waals surface area (Å²) < 4.78 is 49.4. The van der Waals surface area contributed by atoms with Gasteiger partial charge >= 0.3 is 131 Å². The Morgan fingerprint density at radius 2 is 0.696 bits per heavy atom. The van der Waals surface area contributed by atoms with Crippen LogP contribution in [0.2, 0.25) is 0 Å². The quantitative estimate of drug-likeness (QED) is 0.696. The SMILES string of the molecule is [O]=[Mn](=[O])([OH])([OH])([c]1ccccc1)([c]1ccccc1)[c]1ccccc1. The molecule has 120 valence electrons. The first-order valence-electron chi connectivity index (χ1n) is 6.95. The van der Waals surface area contributed by atoms with E-state index < -0.39 is 23.6 Å². The monoisotopic (exact) mass is 352 g/mol. The minimum absolute atomic E-state index is 0.580. The molecular formula is C18H17MnO4. The molecule has 5 heteroatoms. The first-order valence-corrected chi connectivity index (χ1v) is 10.7. The third kappa shape index (κ3) is 1.85. The summed E-state index contributed by atoms with van der Waals surface area (Å²) in [6.45, 7) is 0. The van der Waals surface area contributed by atoms with Crippen molar-refractivity contribution in [3.63, 3.8) is 0 Å². The molecule has 0 aliphatic heterocycles. The van der Waals surface area contributed by atoms with Crippen molar-refractivity contribution < 1.29 is 26.2 Å². The van der Waals surface area contributed by atoms with Crippen LogP contribution in [0.4, 0.5) is 0 Å². The van der Waals surface area contributed by atoms with Gasteiger partial charge in [-0.05, 0) is 0 Å². The average Bonchev–Trinajstić information content (AvgIpc) is 2.57. The molecule has 0 aliphatic rings. The third-order valence-electron chi connectivity index (χ3n) is 3.97. The van der Waals surface area contributed by atoms with Crippen LogP contribution in [0.25, 0.3) is 0 Å². The molecule has 0 fully saturated rings. The summed E-state index contributed by atoms with van der Waals surface area (Å²) in [4.78, 5) is 0. The van der Waals surface area contributed by atoms with Gasteiger partial charge in [-0.15, -0.1) is 0 Å². The summed E-state index contributed by atoms with van der Waals surface area (Å²) in [6, 6.07) is 20.5. The van der Waals surface area contributed by atoms with Crippen LogP contribution in [0.3, 0.4) is 0 Å². The summed E-state index contributed by atoms with van der Waals surface area (Å²) in [5, 5.41) is 0. The van der Waals surface area contributed by atoms with E-state index in [9.17, 15) is 16.0 Å². The van der Waals surface area contributed by atoms with Crippen molar-refractivity contribution in [1.29, 1.82) is 0 Å². The van der Waals surface area contributed by atoms with Crippen LogP contribution >= 0.6 is 0 Å². The van der Waals surface area contributed by atoms with Gasteiger partial charge in [0.2, 0.25) is 0 Å². The molecule has 0 saturated carbocycles. The molecular weight excluding hydrogens is 335 g/mol. The predicted molar refractivity (Wildman–Crippen MR) is 84.0 cm³/mol. The van der Waals surface area contributed by atoms with Crippen LogP contribution in [0, 0.1) is 0 Å². The maximum absolute atomic E-state index is 14.1. The van der Waals surface area contributed by atoms with Gasteiger partial charge in [-0.25, -0.2) is 0 Å². The van der Waals surface area contributed by atoms with E-state index >= 15 is 0 Å². The second-order valence-corrected chi connectivity index (χ2v) is 12.8. The maximum atomic E-state index is 14.1. The fourth-order valence-electron chi connectivity index (χ4n) is 2.65. The molecule has 0 bridgehead atoms. The second kappa shape index (κ2) is 3.78. The van der Waals surface area contributed by atoms with E-state index in [1.807, 2.05) is 0 Å². The number of hydrogen-bond acceptors (Lipinski definition) is 2. The molecule has 3 rings (SSSR count). The fourth-order valence-corrected chi connectivity index (χ4v) is 7.71. The third-order valence-corrected chi connectivity index (χ3v) is 10.7. The number of benzene rings is 3. The van der Waals surface area contributed by atoms with E-state index in [2.05, 4.69) is 0 Å². The summed E-state index contributed by atoms with van der Waals surface area (Å²) >= 11 is 0. The van der Waals surface area contributed by atoms with Gasteiger partial charge in [-0.3, -0.25) is 0 Å². The Hall–Kier alpha value is -2.30. The minimum atomic E-state index is -8.54. The Bertz CT molecular complexity index is 953. The van der Waals surface area contributed by atoms with Crippen LogP contribution in [-0.4, -0.2) is 8.38 Å². The molecule has 0 spiro atoms. The van der Waals surface area contributed by atoms with E-state index in [4.69, 9.17) is 0 Å². The molecule has 2 N–H and O–H groups in total. The van der Waals surface area contributed by atoms with Gasteiger partial charge in [0.25, 0.3) is 0 Å². The van der Waals surface area contributed by atoms with Crippen molar-refractivity contribution in [2.75, 3.05) is 0 Å². The predicted octanol–water partition coefficient (Wildman–Crippen LogP) is 1.23. The Morgan fingerprint density at radius 3 is 0.913 bits per heavy atom. The Morgan fingerprint density at radius 1 is 0.478 bits per heavy atom. The van der Waals surface area contributed by atoms with Crippen LogP contribution in [0.5, 0.6) is 0 Å². The average molecular weight is 352 g/mol. The molecule has 0 aliphatic carbocycles. The van der Waals surface area contributed by atoms with Crippen molar-refractivity contribution in [1.82, 2.24) is 0 Å². The fraction of sp³-hybridized carbons (Fsp3) is 0.